The molecule has 0 aliphatic heterocycles. The lowest BCUT2D eigenvalue weighted by molar-refractivity contribution is 0.444. The summed E-state index contributed by atoms with van der Waals surface area (Å²) in [6.45, 7) is 2.18. The van der Waals surface area contributed by atoms with Crippen LogP contribution in [0.5, 0.6) is 0 Å². The van der Waals surface area contributed by atoms with E-state index in [1.807, 2.05) is 12.5 Å². The predicted molar refractivity (Wildman–Crippen MR) is 64.0 cm³/mol. The molecule has 0 spiro atoms. The molecule has 0 bridgehead atoms. The lowest BCUT2D eigenvalue weighted by atomic mass is 10.1. The molecule has 2 saturated carbocycles. The highest BCUT2D eigenvalue weighted by Crippen LogP contribution is 2.26. The molecule has 1 N–H and O–H groups in total. The van der Waals surface area contributed by atoms with E-state index in [1.54, 1.807) is 0 Å². The maximum atomic E-state index is 4.29. The van der Waals surface area contributed by atoms with Crippen LogP contribution in [0.2, 0.25) is 0 Å². The van der Waals surface area contributed by atoms with Gasteiger partial charge in [-0.25, -0.2) is 4.98 Å². The molecule has 2 aliphatic rings. The molecular formula is C13H21N3. The zero-order chi connectivity index (χ0) is 10.8. The van der Waals surface area contributed by atoms with E-state index in [9.17, 15) is 0 Å². The van der Waals surface area contributed by atoms with Crippen LogP contribution in [0.3, 0.4) is 0 Å². The number of nitrogens with zero attached hydrogens (tertiary/aromatic N) is 2. The van der Waals surface area contributed by atoms with Crippen LogP contribution in [0, 0.1) is 5.92 Å². The largest absolute Gasteiger partial charge is 0.333 e. The number of nitrogens with one attached hydrogen (secondary N) is 1. The third-order valence-corrected chi connectivity index (χ3v) is 3.88. The van der Waals surface area contributed by atoms with Crippen molar-refractivity contribution in [3.63, 3.8) is 0 Å². The van der Waals surface area contributed by atoms with Crippen LogP contribution in [0.4, 0.5) is 0 Å². The van der Waals surface area contributed by atoms with Gasteiger partial charge in [-0.15, -0.1) is 0 Å². The van der Waals surface area contributed by atoms with Crippen molar-refractivity contribution in [3.8, 4) is 0 Å². The van der Waals surface area contributed by atoms with E-state index in [-0.39, 0.29) is 0 Å². The molecule has 3 heteroatoms. The summed E-state index contributed by atoms with van der Waals surface area (Å²) in [5, 5.41) is 3.56. The average Bonchev–Trinajstić information content (AvgIpc) is 2.79. The Hall–Kier alpha value is -0.830. The minimum Gasteiger partial charge on any atom is -0.333 e. The Morgan fingerprint density at radius 1 is 1.25 bits per heavy atom. The van der Waals surface area contributed by atoms with E-state index in [2.05, 4.69) is 14.9 Å². The summed E-state index contributed by atoms with van der Waals surface area (Å²) in [4.78, 5) is 4.29. The monoisotopic (exact) mass is 219 g/mol. The molecule has 0 saturated heterocycles. The van der Waals surface area contributed by atoms with Gasteiger partial charge < -0.3 is 9.88 Å². The highest BCUT2D eigenvalue weighted by Gasteiger charge is 2.21. The van der Waals surface area contributed by atoms with Crippen LogP contribution >= 0.6 is 0 Å². The quantitative estimate of drug-likeness (QED) is 0.823. The zero-order valence-electron chi connectivity index (χ0n) is 9.86. The molecule has 88 valence electrons. The third kappa shape index (κ3) is 2.46. The topological polar surface area (TPSA) is 29.9 Å². The Morgan fingerprint density at radius 2 is 2.06 bits per heavy atom. The van der Waals surface area contributed by atoms with Crippen molar-refractivity contribution in [1.82, 2.24) is 14.9 Å². The van der Waals surface area contributed by atoms with E-state index < -0.39 is 0 Å². The second kappa shape index (κ2) is 4.58. The molecule has 3 nitrogen and oxygen atoms in total. The van der Waals surface area contributed by atoms with Crippen molar-refractivity contribution >= 4 is 0 Å². The number of rotatable bonds is 5. The van der Waals surface area contributed by atoms with Crippen molar-refractivity contribution in [2.45, 2.75) is 57.7 Å². The van der Waals surface area contributed by atoms with Crippen molar-refractivity contribution in [1.29, 1.82) is 0 Å². The van der Waals surface area contributed by atoms with Gasteiger partial charge in [0.05, 0.1) is 12.0 Å². The Bertz CT molecular complexity index is 335. The predicted octanol–water partition coefficient (Wildman–Crippen LogP) is 2.33. The van der Waals surface area contributed by atoms with Gasteiger partial charge in [0.2, 0.25) is 0 Å². The zero-order valence-corrected chi connectivity index (χ0v) is 9.86. The van der Waals surface area contributed by atoms with Crippen LogP contribution in [0.15, 0.2) is 12.5 Å². The lowest BCUT2D eigenvalue weighted by Crippen LogP contribution is -2.19. The molecule has 0 aromatic carbocycles. The van der Waals surface area contributed by atoms with Crippen LogP contribution < -0.4 is 5.32 Å². The fraction of sp³-hybridized carbons (Fsp3) is 0.769. The van der Waals surface area contributed by atoms with E-state index >= 15 is 0 Å². The first-order valence-electron chi connectivity index (χ1n) is 6.64. The normalized spacial score (nSPS) is 21.8. The van der Waals surface area contributed by atoms with Gasteiger partial charge in [-0.05, 0) is 31.6 Å². The Kier molecular flexibility index (Phi) is 2.96. The van der Waals surface area contributed by atoms with Crippen molar-refractivity contribution in [2.75, 3.05) is 0 Å². The minimum absolute atomic E-state index is 0.787. The second-order valence-electron chi connectivity index (χ2n) is 5.34. The first-order chi connectivity index (χ1) is 7.92. The van der Waals surface area contributed by atoms with Gasteiger partial charge in [0.1, 0.15) is 0 Å². The minimum atomic E-state index is 0.787. The fourth-order valence-corrected chi connectivity index (χ4v) is 2.67. The summed E-state index contributed by atoms with van der Waals surface area (Å²) in [6.07, 6.45) is 12.4. The summed E-state index contributed by atoms with van der Waals surface area (Å²) < 4.78 is 2.35. The fourth-order valence-electron chi connectivity index (χ4n) is 2.67. The van der Waals surface area contributed by atoms with Crippen LogP contribution in [0.1, 0.15) is 44.2 Å². The Labute approximate surface area is 97.3 Å². The molecule has 2 fully saturated rings. The number of aromatic nitrogens is 2. The van der Waals surface area contributed by atoms with E-state index in [4.69, 9.17) is 0 Å². The third-order valence-electron chi connectivity index (χ3n) is 3.88. The summed E-state index contributed by atoms with van der Waals surface area (Å²) >= 11 is 0. The molecule has 1 heterocycles. The molecule has 0 amide bonds. The first-order valence-corrected chi connectivity index (χ1v) is 6.64. The molecule has 0 unspecified atom stereocenters. The Morgan fingerprint density at radius 3 is 2.81 bits per heavy atom. The molecule has 1 aromatic rings. The van der Waals surface area contributed by atoms with E-state index in [1.165, 1.54) is 50.8 Å². The van der Waals surface area contributed by atoms with Crippen LogP contribution in [-0.4, -0.2) is 15.6 Å². The molecule has 16 heavy (non-hydrogen) atoms. The SMILES string of the molecule is c1ncn(CC2CCCC2)c1CNC1CC1. The number of imidazole rings is 1. The highest BCUT2D eigenvalue weighted by molar-refractivity contribution is 5.00. The van der Waals surface area contributed by atoms with E-state index in [0.29, 0.717) is 0 Å². The number of hydrogen-bond donors (Lipinski definition) is 1. The van der Waals surface area contributed by atoms with Gasteiger partial charge in [0.15, 0.2) is 0 Å². The molecule has 2 aliphatic carbocycles. The summed E-state index contributed by atoms with van der Waals surface area (Å²) in [5.41, 5.74) is 1.36. The van der Waals surface area contributed by atoms with Crippen molar-refractivity contribution in [2.24, 2.45) is 5.92 Å². The van der Waals surface area contributed by atoms with Crippen molar-refractivity contribution < 1.29 is 0 Å². The molecule has 0 radical (unpaired) electrons. The van der Waals surface area contributed by atoms with Crippen LogP contribution in [-0.2, 0) is 13.1 Å². The lowest BCUT2D eigenvalue weighted by Gasteiger charge is -2.13. The van der Waals surface area contributed by atoms with Crippen molar-refractivity contribution in [3.05, 3.63) is 18.2 Å². The van der Waals surface area contributed by atoms with Gasteiger partial charge in [0, 0.05) is 25.3 Å². The average molecular weight is 219 g/mol. The smallest absolute Gasteiger partial charge is 0.0948 e. The molecule has 1 aromatic heterocycles. The summed E-state index contributed by atoms with van der Waals surface area (Å²) in [6, 6.07) is 0.787. The molecular weight excluding hydrogens is 198 g/mol. The molecule has 0 atom stereocenters. The standard InChI is InChI=1S/C13H21N3/c1-2-4-11(3-1)9-16-10-14-7-13(16)8-15-12-5-6-12/h7,10-12,15H,1-6,8-9H2. The highest BCUT2D eigenvalue weighted by atomic mass is 15.1. The summed E-state index contributed by atoms with van der Waals surface area (Å²) in [7, 11) is 0. The first kappa shape index (κ1) is 10.3. The molecule has 3 rings (SSSR count). The second-order valence-corrected chi connectivity index (χ2v) is 5.34. The van der Waals surface area contributed by atoms with Crippen LogP contribution in [0.25, 0.3) is 0 Å². The van der Waals surface area contributed by atoms with Gasteiger partial charge in [0.25, 0.3) is 0 Å². The Balaban J connectivity index is 1.57. The van der Waals surface area contributed by atoms with Gasteiger partial charge in [-0.2, -0.15) is 0 Å². The number of hydrogen-bond acceptors (Lipinski definition) is 2. The van der Waals surface area contributed by atoms with Gasteiger partial charge >= 0.3 is 0 Å². The van der Waals surface area contributed by atoms with Gasteiger partial charge in [-0.3, -0.25) is 0 Å². The van der Waals surface area contributed by atoms with Gasteiger partial charge in [-0.1, -0.05) is 12.8 Å². The maximum Gasteiger partial charge on any atom is 0.0948 e. The van der Waals surface area contributed by atoms with E-state index in [0.717, 1.165) is 18.5 Å². The summed E-state index contributed by atoms with van der Waals surface area (Å²) in [5.74, 6) is 0.897. The maximum absolute atomic E-state index is 4.29.